The third-order valence-corrected chi connectivity index (χ3v) is 7.61. The number of nitrogens with one attached hydrogen (secondary N) is 1. The lowest BCUT2D eigenvalue weighted by atomic mass is 10.1. The number of hydrogen-bond acceptors (Lipinski definition) is 5. The molecule has 0 spiro atoms. The van der Waals surface area contributed by atoms with Crippen LogP contribution in [0.15, 0.2) is 53.7 Å². The van der Waals surface area contributed by atoms with Crippen LogP contribution in [0, 0.1) is 11.3 Å². The van der Waals surface area contributed by atoms with E-state index in [2.05, 4.69) is 16.0 Å². The molecule has 5 rings (SSSR count). The van der Waals surface area contributed by atoms with E-state index in [9.17, 15) is 26.9 Å². The van der Waals surface area contributed by atoms with Crippen molar-refractivity contribution < 1.29 is 21.6 Å². The van der Waals surface area contributed by atoms with Gasteiger partial charge in [-0.05, 0) is 55.2 Å². The maximum absolute atomic E-state index is 13.2. The number of hydrogen-bond donors (Lipinski definition) is 1. The largest absolute Gasteiger partial charge is 0.407 e. The number of aryl methyl sites for hydroxylation is 1. The molecule has 0 amide bonds. The minimum absolute atomic E-state index is 0.296. The monoisotopic (exact) mass is 485 g/mol. The van der Waals surface area contributed by atoms with Gasteiger partial charge in [0.15, 0.2) is 0 Å². The van der Waals surface area contributed by atoms with E-state index in [0.29, 0.717) is 28.0 Å². The highest BCUT2D eigenvalue weighted by Crippen LogP contribution is 2.49. The molecule has 0 bridgehead atoms. The van der Waals surface area contributed by atoms with Crippen molar-refractivity contribution >= 4 is 26.8 Å². The third kappa shape index (κ3) is 3.41. The summed E-state index contributed by atoms with van der Waals surface area (Å²) in [5.74, 6) is 0. The summed E-state index contributed by atoms with van der Waals surface area (Å²) in [6.07, 6.45) is 3.70. The zero-order valence-electron chi connectivity index (χ0n) is 17.9. The van der Waals surface area contributed by atoms with Crippen LogP contribution >= 0.6 is 0 Å². The maximum atomic E-state index is 13.2. The Bertz CT molecular complexity index is 1520. The number of nitriles is 1. The smallest absolute Gasteiger partial charge is 0.291 e. The van der Waals surface area contributed by atoms with E-state index in [0.717, 1.165) is 23.9 Å². The predicted molar refractivity (Wildman–Crippen MR) is 119 cm³/mol. The zero-order chi connectivity index (χ0) is 24.3. The molecule has 0 atom stereocenters. The highest BCUT2D eigenvalue weighted by Gasteiger charge is 2.65. The molecule has 0 aromatic carbocycles. The average molecular weight is 485 g/mol. The van der Waals surface area contributed by atoms with Crippen LogP contribution in [0.3, 0.4) is 0 Å². The Labute approximate surface area is 193 Å². The lowest BCUT2D eigenvalue weighted by molar-refractivity contribution is -0.160. The fourth-order valence-corrected chi connectivity index (χ4v) is 5.29. The van der Waals surface area contributed by atoms with Crippen molar-refractivity contribution in [3.63, 3.8) is 0 Å². The summed E-state index contributed by atoms with van der Waals surface area (Å²) in [5, 5.41) is 10.6. The molecule has 1 N–H and O–H groups in total. The van der Waals surface area contributed by atoms with E-state index in [4.69, 9.17) is 0 Å². The number of pyridine rings is 2. The molecule has 1 fully saturated rings. The maximum Gasteiger partial charge on any atom is 0.407 e. The number of halogens is 3. The number of alkyl halides is 3. The number of allylic oxidation sites excluding steroid dienone is 4. The van der Waals surface area contributed by atoms with Crippen LogP contribution < -0.4 is 4.72 Å². The second kappa shape index (κ2) is 7.51. The van der Waals surface area contributed by atoms with Gasteiger partial charge in [-0.1, -0.05) is 13.0 Å². The van der Waals surface area contributed by atoms with Crippen molar-refractivity contribution in [1.82, 2.24) is 19.3 Å². The summed E-state index contributed by atoms with van der Waals surface area (Å²) in [7, 11) is -4.45. The molecule has 34 heavy (non-hydrogen) atoms. The van der Waals surface area contributed by atoms with Crippen molar-refractivity contribution in [3.05, 3.63) is 59.9 Å². The van der Waals surface area contributed by atoms with Crippen molar-refractivity contribution in [3.8, 4) is 17.5 Å². The number of fused-ring (bicyclic) bond motifs is 1. The Morgan fingerprint density at radius 2 is 1.97 bits per heavy atom. The summed E-state index contributed by atoms with van der Waals surface area (Å²) in [5.41, 5.74) is 0.916. The number of nitrogens with zero attached hydrogens (tertiary/aromatic N) is 4. The van der Waals surface area contributed by atoms with Crippen LogP contribution in [0.2, 0.25) is 0 Å². The molecular weight excluding hydrogens is 467 g/mol. The van der Waals surface area contributed by atoms with Crippen LogP contribution in [0.4, 0.5) is 13.2 Å². The quantitative estimate of drug-likeness (QED) is 0.561. The van der Waals surface area contributed by atoms with Gasteiger partial charge < -0.3 is 0 Å². The molecule has 1 saturated carbocycles. The van der Waals surface area contributed by atoms with Gasteiger partial charge in [-0.3, -0.25) is 9.55 Å². The second-order valence-electron chi connectivity index (χ2n) is 8.25. The SMILES string of the molecule is CCc1cnc2c(c1)c(C#N)c(-c1ccc(S(=O)(=O)NC3(C(F)(F)F)CC3)cn1)n2C1=CC=C1. The first-order valence-corrected chi connectivity index (χ1v) is 12.0. The molecule has 174 valence electrons. The molecule has 0 unspecified atom stereocenters. The molecule has 2 aliphatic rings. The van der Waals surface area contributed by atoms with Crippen LogP contribution in [0.25, 0.3) is 28.1 Å². The van der Waals surface area contributed by atoms with Crippen molar-refractivity contribution in [2.24, 2.45) is 0 Å². The highest BCUT2D eigenvalue weighted by atomic mass is 32.2. The van der Waals surface area contributed by atoms with Crippen LogP contribution in [0.5, 0.6) is 0 Å². The van der Waals surface area contributed by atoms with Gasteiger partial charge in [-0.25, -0.2) is 13.4 Å². The molecule has 0 saturated heterocycles. The Morgan fingerprint density at radius 3 is 2.47 bits per heavy atom. The van der Waals surface area contributed by atoms with Gasteiger partial charge in [0.2, 0.25) is 10.0 Å². The van der Waals surface area contributed by atoms with Gasteiger partial charge in [-0.15, -0.1) is 0 Å². The standard InChI is InChI=1S/C23H18F3N5O2S/c1-2-14-10-17-18(11-27)20(31(15-4-3-5-15)21(17)29-12-14)19-7-6-16(13-28-19)34(32,33)30-22(8-9-22)23(24,25)26/h3-7,10,12-13,30H,2,8-9H2,1H3. The highest BCUT2D eigenvalue weighted by molar-refractivity contribution is 7.89. The molecule has 11 heteroatoms. The lowest BCUT2D eigenvalue weighted by Gasteiger charge is -2.20. The minimum atomic E-state index is -4.68. The van der Waals surface area contributed by atoms with Crippen molar-refractivity contribution in [1.29, 1.82) is 5.26 Å². The van der Waals surface area contributed by atoms with Crippen LogP contribution in [-0.4, -0.2) is 34.7 Å². The van der Waals surface area contributed by atoms with Gasteiger partial charge in [0.05, 0.1) is 17.0 Å². The molecule has 0 aliphatic heterocycles. The average Bonchev–Trinajstić information content (AvgIpc) is 3.48. The van der Waals surface area contributed by atoms with E-state index < -0.39 is 21.7 Å². The van der Waals surface area contributed by atoms with Gasteiger partial charge in [0.1, 0.15) is 22.2 Å². The van der Waals surface area contributed by atoms with Crippen LogP contribution in [-0.2, 0) is 16.4 Å². The topological polar surface area (TPSA) is 101 Å². The van der Waals surface area contributed by atoms with E-state index >= 15 is 0 Å². The normalized spacial score (nSPS) is 16.7. The van der Waals surface area contributed by atoms with E-state index in [1.54, 1.807) is 15.5 Å². The van der Waals surface area contributed by atoms with Gasteiger partial charge in [0.25, 0.3) is 0 Å². The fraction of sp³-hybridized carbons (Fsp3) is 0.261. The molecule has 0 radical (unpaired) electrons. The predicted octanol–water partition coefficient (Wildman–Crippen LogP) is 4.32. The molecule has 3 aromatic heterocycles. The number of aromatic nitrogens is 3. The van der Waals surface area contributed by atoms with E-state index in [1.165, 1.54) is 12.1 Å². The van der Waals surface area contributed by atoms with Gasteiger partial charge >= 0.3 is 6.18 Å². The number of rotatable bonds is 6. The van der Waals surface area contributed by atoms with Gasteiger partial charge in [-0.2, -0.15) is 23.2 Å². The zero-order valence-corrected chi connectivity index (χ0v) is 18.7. The van der Waals surface area contributed by atoms with E-state index in [-0.39, 0.29) is 17.7 Å². The first-order chi connectivity index (χ1) is 16.1. The van der Waals surface area contributed by atoms with Crippen LogP contribution in [0.1, 0.15) is 30.9 Å². The fourth-order valence-electron chi connectivity index (χ4n) is 3.90. The summed E-state index contributed by atoms with van der Waals surface area (Å²) in [6.45, 7) is 1.98. The minimum Gasteiger partial charge on any atom is -0.291 e. The molecule has 7 nitrogen and oxygen atoms in total. The van der Waals surface area contributed by atoms with Crippen molar-refractivity contribution in [2.45, 2.75) is 42.8 Å². The first-order valence-electron chi connectivity index (χ1n) is 10.5. The molecule has 3 aromatic rings. The third-order valence-electron chi connectivity index (χ3n) is 6.09. The first kappa shape index (κ1) is 22.3. The Hall–Kier alpha value is -3.49. The molecule has 3 heterocycles. The summed E-state index contributed by atoms with van der Waals surface area (Å²) < 4.78 is 68.5. The van der Waals surface area contributed by atoms with E-state index in [1.807, 2.05) is 31.2 Å². The second-order valence-corrected chi connectivity index (χ2v) is 9.94. The Morgan fingerprint density at radius 1 is 1.24 bits per heavy atom. The Balaban J connectivity index is 1.59. The summed E-state index contributed by atoms with van der Waals surface area (Å²) in [4.78, 5) is 8.37. The molecule has 2 aliphatic carbocycles. The Kier molecular flexibility index (Phi) is 4.93. The summed E-state index contributed by atoms with van der Waals surface area (Å²) in [6, 6.07) is 6.67. The molecular formula is C23H18F3N5O2S. The lowest BCUT2D eigenvalue weighted by Crippen LogP contribution is -2.47. The summed E-state index contributed by atoms with van der Waals surface area (Å²) >= 11 is 0. The van der Waals surface area contributed by atoms with Crippen molar-refractivity contribution in [2.75, 3.05) is 0 Å². The number of sulfonamides is 1. The van der Waals surface area contributed by atoms with Gasteiger partial charge in [0, 0.05) is 23.5 Å².